The minimum Gasteiger partial charge on any atom is -0.382 e. The second-order valence-corrected chi connectivity index (χ2v) is 6.87. The Morgan fingerprint density at radius 3 is 2.35 bits per heavy atom. The third-order valence-electron chi connectivity index (χ3n) is 4.20. The summed E-state index contributed by atoms with van der Waals surface area (Å²) in [4.78, 5) is 12.2. The molecule has 0 unspecified atom stereocenters. The second kappa shape index (κ2) is 7.64. The monoisotopic (exact) mass is 372 g/mol. The van der Waals surface area contributed by atoms with Crippen LogP contribution in [-0.2, 0) is 11.2 Å². The molecule has 1 fully saturated rings. The third kappa shape index (κ3) is 4.58. The van der Waals surface area contributed by atoms with Gasteiger partial charge in [0.25, 0.3) is 0 Å². The summed E-state index contributed by atoms with van der Waals surface area (Å²) in [6, 6.07) is 16.4. The van der Waals surface area contributed by atoms with E-state index in [0.717, 1.165) is 21.4 Å². The number of anilines is 2. The summed E-state index contributed by atoms with van der Waals surface area (Å²) in [6.07, 6.45) is 5.51. The zero-order valence-electron chi connectivity index (χ0n) is 13.0. The van der Waals surface area contributed by atoms with E-state index in [2.05, 4.69) is 26.6 Å². The Balaban J connectivity index is 1.55. The summed E-state index contributed by atoms with van der Waals surface area (Å²) in [5, 5.41) is 6.50. The summed E-state index contributed by atoms with van der Waals surface area (Å²) in [6.45, 7) is 0. The highest BCUT2D eigenvalue weighted by Crippen LogP contribution is 2.23. The van der Waals surface area contributed by atoms with E-state index in [1.807, 2.05) is 48.5 Å². The van der Waals surface area contributed by atoms with E-state index in [1.54, 1.807) is 0 Å². The van der Waals surface area contributed by atoms with Crippen molar-refractivity contribution in [2.75, 3.05) is 10.6 Å². The normalized spacial score (nSPS) is 14.7. The minimum atomic E-state index is -0.00611. The zero-order chi connectivity index (χ0) is 16.1. The predicted octanol–water partition coefficient (Wildman–Crippen LogP) is 4.98. The van der Waals surface area contributed by atoms with Crippen molar-refractivity contribution in [3.8, 4) is 0 Å². The van der Waals surface area contributed by atoms with Crippen LogP contribution >= 0.6 is 15.9 Å². The molecular formula is C19H21BrN2O. The van der Waals surface area contributed by atoms with Gasteiger partial charge in [0.15, 0.2) is 0 Å². The van der Waals surface area contributed by atoms with Crippen molar-refractivity contribution >= 4 is 33.2 Å². The van der Waals surface area contributed by atoms with Gasteiger partial charge in [0.2, 0.25) is 5.91 Å². The van der Waals surface area contributed by atoms with Crippen molar-refractivity contribution in [3.05, 3.63) is 58.6 Å². The van der Waals surface area contributed by atoms with Crippen LogP contribution < -0.4 is 10.6 Å². The number of carbonyl (C=O) groups is 1. The SMILES string of the molecule is O=C(Cc1ccccc1Br)Nc1ccc(NC2CCCC2)cc1. The standard InChI is InChI=1S/C19H21BrN2O/c20-18-8-4-1-5-14(18)13-19(23)22-17-11-9-16(10-12-17)21-15-6-2-3-7-15/h1,4-5,8-12,15,21H,2-3,6-7,13H2,(H,22,23). The maximum Gasteiger partial charge on any atom is 0.228 e. The zero-order valence-corrected chi connectivity index (χ0v) is 14.6. The van der Waals surface area contributed by atoms with Crippen LogP contribution in [0.5, 0.6) is 0 Å². The quantitative estimate of drug-likeness (QED) is 0.776. The predicted molar refractivity (Wildman–Crippen MR) is 98.8 cm³/mol. The third-order valence-corrected chi connectivity index (χ3v) is 4.98. The molecule has 1 amide bonds. The molecule has 4 heteroatoms. The van der Waals surface area contributed by atoms with Crippen LogP contribution in [0.25, 0.3) is 0 Å². The number of amides is 1. The fourth-order valence-corrected chi connectivity index (χ4v) is 3.40. The lowest BCUT2D eigenvalue weighted by Crippen LogP contribution is -2.15. The first-order chi connectivity index (χ1) is 11.2. The molecule has 0 aromatic heterocycles. The van der Waals surface area contributed by atoms with Gasteiger partial charge < -0.3 is 10.6 Å². The molecule has 0 spiro atoms. The Morgan fingerprint density at radius 1 is 1.00 bits per heavy atom. The van der Waals surface area contributed by atoms with Gasteiger partial charge in [0, 0.05) is 21.9 Å². The molecule has 0 atom stereocenters. The molecule has 2 N–H and O–H groups in total. The first-order valence-corrected chi connectivity index (χ1v) is 8.90. The summed E-state index contributed by atoms with van der Waals surface area (Å²) >= 11 is 3.47. The fourth-order valence-electron chi connectivity index (χ4n) is 2.98. The molecule has 0 bridgehead atoms. The summed E-state index contributed by atoms with van der Waals surface area (Å²) < 4.78 is 0.964. The fraction of sp³-hybridized carbons (Fsp3) is 0.316. The van der Waals surface area contributed by atoms with E-state index in [9.17, 15) is 4.79 Å². The Bertz CT molecular complexity index is 663. The average Bonchev–Trinajstić information content (AvgIpc) is 3.04. The molecule has 1 aliphatic rings. The van der Waals surface area contributed by atoms with Crippen LogP contribution in [0.4, 0.5) is 11.4 Å². The van der Waals surface area contributed by atoms with Gasteiger partial charge in [0.05, 0.1) is 6.42 Å². The molecule has 0 aliphatic heterocycles. The molecule has 1 aliphatic carbocycles. The van der Waals surface area contributed by atoms with Gasteiger partial charge in [-0.3, -0.25) is 4.79 Å². The number of halogens is 1. The van der Waals surface area contributed by atoms with Crippen molar-refractivity contribution in [1.29, 1.82) is 0 Å². The highest BCUT2D eigenvalue weighted by Gasteiger charge is 2.14. The highest BCUT2D eigenvalue weighted by molar-refractivity contribution is 9.10. The molecule has 0 heterocycles. The highest BCUT2D eigenvalue weighted by atomic mass is 79.9. The molecule has 3 rings (SSSR count). The Labute approximate surface area is 145 Å². The Morgan fingerprint density at radius 2 is 1.65 bits per heavy atom. The van der Waals surface area contributed by atoms with Crippen LogP contribution in [0.1, 0.15) is 31.2 Å². The second-order valence-electron chi connectivity index (χ2n) is 6.02. The van der Waals surface area contributed by atoms with E-state index in [-0.39, 0.29) is 5.91 Å². The number of nitrogens with one attached hydrogen (secondary N) is 2. The molecule has 1 saturated carbocycles. The van der Waals surface area contributed by atoms with Gasteiger partial charge in [-0.2, -0.15) is 0 Å². The lowest BCUT2D eigenvalue weighted by molar-refractivity contribution is -0.115. The van der Waals surface area contributed by atoms with E-state index in [4.69, 9.17) is 0 Å². The van der Waals surface area contributed by atoms with Gasteiger partial charge >= 0.3 is 0 Å². The first-order valence-electron chi connectivity index (χ1n) is 8.10. The van der Waals surface area contributed by atoms with Gasteiger partial charge in [-0.1, -0.05) is 47.0 Å². The van der Waals surface area contributed by atoms with Crippen molar-refractivity contribution in [2.24, 2.45) is 0 Å². The summed E-state index contributed by atoms with van der Waals surface area (Å²) in [5.74, 6) is -0.00611. The smallest absolute Gasteiger partial charge is 0.228 e. The topological polar surface area (TPSA) is 41.1 Å². The summed E-state index contributed by atoms with van der Waals surface area (Å²) in [7, 11) is 0. The summed E-state index contributed by atoms with van der Waals surface area (Å²) in [5.41, 5.74) is 2.95. The number of rotatable bonds is 5. The van der Waals surface area contributed by atoms with E-state index >= 15 is 0 Å². The van der Waals surface area contributed by atoms with Crippen molar-refractivity contribution in [1.82, 2.24) is 0 Å². The van der Waals surface area contributed by atoms with Crippen LogP contribution in [0, 0.1) is 0 Å². The molecule has 0 radical (unpaired) electrons. The van der Waals surface area contributed by atoms with Gasteiger partial charge in [-0.15, -0.1) is 0 Å². The largest absolute Gasteiger partial charge is 0.382 e. The molecular weight excluding hydrogens is 352 g/mol. The van der Waals surface area contributed by atoms with E-state index in [1.165, 1.54) is 25.7 Å². The van der Waals surface area contributed by atoms with Gasteiger partial charge in [-0.05, 0) is 48.7 Å². The number of hydrogen-bond acceptors (Lipinski definition) is 2. The molecule has 2 aromatic rings. The lowest BCUT2D eigenvalue weighted by Gasteiger charge is -2.14. The number of carbonyl (C=O) groups excluding carboxylic acids is 1. The van der Waals surface area contributed by atoms with Gasteiger partial charge in [-0.25, -0.2) is 0 Å². The number of hydrogen-bond donors (Lipinski definition) is 2. The molecule has 120 valence electrons. The van der Waals surface area contributed by atoms with Crippen LogP contribution in [0.2, 0.25) is 0 Å². The Kier molecular flexibility index (Phi) is 5.34. The van der Waals surface area contributed by atoms with Crippen LogP contribution in [0.15, 0.2) is 53.0 Å². The maximum absolute atomic E-state index is 12.2. The Hall–Kier alpha value is -1.81. The molecule has 0 saturated heterocycles. The van der Waals surface area contributed by atoms with Crippen molar-refractivity contribution < 1.29 is 4.79 Å². The lowest BCUT2D eigenvalue weighted by atomic mass is 10.1. The molecule has 2 aromatic carbocycles. The van der Waals surface area contributed by atoms with Gasteiger partial charge in [0.1, 0.15) is 0 Å². The first kappa shape index (κ1) is 16.1. The average molecular weight is 373 g/mol. The maximum atomic E-state index is 12.2. The van der Waals surface area contributed by atoms with Crippen molar-refractivity contribution in [3.63, 3.8) is 0 Å². The number of benzene rings is 2. The van der Waals surface area contributed by atoms with Crippen LogP contribution in [0.3, 0.4) is 0 Å². The van der Waals surface area contributed by atoms with E-state index in [0.29, 0.717) is 12.5 Å². The minimum absolute atomic E-state index is 0.00611. The molecule has 23 heavy (non-hydrogen) atoms. The van der Waals surface area contributed by atoms with E-state index < -0.39 is 0 Å². The van der Waals surface area contributed by atoms with Crippen LogP contribution in [-0.4, -0.2) is 11.9 Å². The molecule has 3 nitrogen and oxygen atoms in total. The van der Waals surface area contributed by atoms with Crippen molar-refractivity contribution in [2.45, 2.75) is 38.1 Å².